The number of aryl methyl sites for hydroxylation is 3. The van der Waals surface area contributed by atoms with Crippen LogP contribution in [0.4, 0.5) is 5.69 Å². The molecule has 0 atom stereocenters. The number of hydrogen-bond donors (Lipinski definition) is 1. The standard InChI is InChI=1S/C17H19N5O3/c1-3-21-13-9-18-22(17(13)11(2)20-21)7-6-16(23)19-12-4-5-14-15(8-12)25-10-24-14/h4-5,8-9H,3,6-7,10H2,1-2H3,(H,19,23). The van der Waals surface area contributed by atoms with Crippen LogP contribution in [-0.4, -0.2) is 32.3 Å². The van der Waals surface area contributed by atoms with Crippen LogP contribution in [0.25, 0.3) is 11.0 Å². The minimum Gasteiger partial charge on any atom is -0.454 e. The number of fused-ring (bicyclic) bond motifs is 2. The summed E-state index contributed by atoms with van der Waals surface area (Å²) >= 11 is 0. The molecule has 0 saturated heterocycles. The second-order valence-electron chi connectivity index (χ2n) is 5.87. The minimum atomic E-state index is -0.0805. The summed E-state index contributed by atoms with van der Waals surface area (Å²) < 4.78 is 14.3. The molecule has 25 heavy (non-hydrogen) atoms. The molecule has 1 aliphatic heterocycles. The van der Waals surface area contributed by atoms with E-state index >= 15 is 0 Å². The van der Waals surface area contributed by atoms with Gasteiger partial charge in [-0.05, 0) is 26.0 Å². The lowest BCUT2D eigenvalue weighted by molar-refractivity contribution is -0.116. The van der Waals surface area contributed by atoms with Crippen LogP contribution in [-0.2, 0) is 17.9 Å². The highest BCUT2D eigenvalue weighted by Crippen LogP contribution is 2.34. The first kappa shape index (κ1) is 15.5. The largest absolute Gasteiger partial charge is 0.454 e. The number of rotatable bonds is 5. The smallest absolute Gasteiger partial charge is 0.231 e. The highest BCUT2D eigenvalue weighted by molar-refractivity contribution is 5.91. The maximum absolute atomic E-state index is 12.2. The molecule has 1 aromatic carbocycles. The van der Waals surface area contributed by atoms with Crippen molar-refractivity contribution in [3.05, 3.63) is 30.1 Å². The van der Waals surface area contributed by atoms with Crippen molar-refractivity contribution >= 4 is 22.6 Å². The summed E-state index contributed by atoms with van der Waals surface area (Å²) in [6.45, 7) is 5.50. The van der Waals surface area contributed by atoms with Gasteiger partial charge in [-0.15, -0.1) is 0 Å². The number of anilines is 1. The first-order valence-corrected chi connectivity index (χ1v) is 8.24. The molecule has 0 fully saturated rings. The van der Waals surface area contributed by atoms with Crippen molar-refractivity contribution in [1.29, 1.82) is 0 Å². The van der Waals surface area contributed by atoms with Crippen molar-refractivity contribution in [2.24, 2.45) is 0 Å². The van der Waals surface area contributed by atoms with Gasteiger partial charge in [-0.3, -0.25) is 14.2 Å². The summed E-state index contributed by atoms with van der Waals surface area (Å²) in [7, 11) is 0. The van der Waals surface area contributed by atoms with Gasteiger partial charge < -0.3 is 14.8 Å². The molecular weight excluding hydrogens is 322 g/mol. The molecule has 130 valence electrons. The summed E-state index contributed by atoms with van der Waals surface area (Å²) in [5.74, 6) is 1.26. The van der Waals surface area contributed by atoms with Crippen molar-refractivity contribution in [2.45, 2.75) is 33.4 Å². The molecular formula is C17H19N5O3. The lowest BCUT2D eigenvalue weighted by Gasteiger charge is -2.07. The lowest BCUT2D eigenvalue weighted by Crippen LogP contribution is -2.15. The van der Waals surface area contributed by atoms with E-state index in [2.05, 4.69) is 15.5 Å². The lowest BCUT2D eigenvalue weighted by atomic mass is 10.2. The Balaban J connectivity index is 1.43. The highest BCUT2D eigenvalue weighted by atomic mass is 16.7. The predicted octanol–water partition coefficient (Wildman–Crippen LogP) is 2.32. The molecule has 0 radical (unpaired) electrons. The van der Waals surface area contributed by atoms with E-state index in [4.69, 9.17) is 9.47 Å². The summed E-state index contributed by atoms with van der Waals surface area (Å²) in [5, 5.41) is 11.8. The Morgan fingerprint density at radius 2 is 2.12 bits per heavy atom. The van der Waals surface area contributed by atoms with Gasteiger partial charge in [0.1, 0.15) is 11.0 Å². The van der Waals surface area contributed by atoms with Crippen LogP contribution in [0.15, 0.2) is 24.4 Å². The topological polar surface area (TPSA) is 83.2 Å². The SMILES string of the molecule is CCn1nc(C)c2c1cnn2CCC(=O)Nc1ccc2c(c1)OCO2. The fourth-order valence-corrected chi connectivity index (χ4v) is 3.03. The summed E-state index contributed by atoms with van der Waals surface area (Å²) in [5.41, 5.74) is 3.59. The minimum absolute atomic E-state index is 0.0805. The molecule has 0 bridgehead atoms. The summed E-state index contributed by atoms with van der Waals surface area (Å²) in [6.07, 6.45) is 2.12. The van der Waals surface area contributed by atoms with Crippen LogP contribution in [0, 0.1) is 6.92 Å². The third kappa shape index (κ3) is 2.79. The number of ether oxygens (including phenoxy) is 2. The molecule has 0 saturated carbocycles. The van der Waals surface area contributed by atoms with E-state index in [9.17, 15) is 4.79 Å². The molecule has 3 heterocycles. The maximum atomic E-state index is 12.2. The second-order valence-corrected chi connectivity index (χ2v) is 5.87. The number of carbonyl (C=O) groups excluding carboxylic acids is 1. The van der Waals surface area contributed by atoms with Crippen molar-refractivity contribution in [3.63, 3.8) is 0 Å². The van der Waals surface area contributed by atoms with Crippen molar-refractivity contribution in [2.75, 3.05) is 12.1 Å². The number of aromatic nitrogens is 4. The zero-order valence-electron chi connectivity index (χ0n) is 14.2. The van der Waals surface area contributed by atoms with Crippen molar-refractivity contribution in [1.82, 2.24) is 19.6 Å². The fraction of sp³-hybridized carbons (Fsp3) is 0.353. The molecule has 3 aromatic rings. The monoisotopic (exact) mass is 341 g/mol. The van der Waals surface area contributed by atoms with Gasteiger partial charge in [-0.1, -0.05) is 0 Å². The van der Waals surface area contributed by atoms with Gasteiger partial charge >= 0.3 is 0 Å². The predicted molar refractivity (Wildman–Crippen MR) is 91.7 cm³/mol. The molecule has 4 rings (SSSR count). The van der Waals surface area contributed by atoms with E-state index < -0.39 is 0 Å². The Labute approximate surface area is 144 Å². The molecule has 1 aliphatic rings. The molecule has 0 spiro atoms. The fourth-order valence-electron chi connectivity index (χ4n) is 3.03. The second kappa shape index (κ2) is 6.12. The Morgan fingerprint density at radius 3 is 2.96 bits per heavy atom. The van der Waals surface area contributed by atoms with E-state index in [0.717, 1.165) is 23.3 Å². The van der Waals surface area contributed by atoms with Crippen LogP contribution >= 0.6 is 0 Å². The van der Waals surface area contributed by atoms with Gasteiger partial charge in [-0.25, -0.2) is 0 Å². The first-order chi connectivity index (χ1) is 12.2. The van der Waals surface area contributed by atoms with Gasteiger partial charge in [-0.2, -0.15) is 10.2 Å². The van der Waals surface area contributed by atoms with Crippen LogP contribution in [0.3, 0.4) is 0 Å². The molecule has 8 nitrogen and oxygen atoms in total. The molecule has 0 aliphatic carbocycles. The number of amides is 1. The molecule has 2 aromatic heterocycles. The van der Waals surface area contributed by atoms with Gasteiger partial charge in [0.25, 0.3) is 0 Å². The quantitative estimate of drug-likeness (QED) is 0.770. The zero-order chi connectivity index (χ0) is 17.4. The van der Waals surface area contributed by atoms with Crippen molar-refractivity contribution < 1.29 is 14.3 Å². The third-order valence-electron chi connectivity index (χ3n) is 4.22. The Kier molecular flexibility index (Phi) is 3.79. The normalized spacial score (nSPS) is 12.7. The van der Waals surface area contributed by atoms with E-state index in [0.29, 0.717) is 30.2 Å². The number of benzene rings is 1. The number of carbonyl (C=O) groups is 1. The average molecular weight is 341 g/mol. The van der Waals surface area contributed by atoms with Crippen LogP contribution < -0.4 is 14.8 Å². The Hall–Kier alpha value is -3.03. The van der Waals surface area contributed by atoms with E-state index in [-0.39, 0.29) is 12.7 Å². The van der Waals surface area contributed by atoms with Crippen molar-refractivity contribution in [3.8, 4) is 11.5 Å². The first-order valence-electron chi connectivity index (χ1n) is 8.24. The summed E-state index contributed by atoms with van der Waals surface area (Å²) in [6, 6.07) is 5.35. The Bertz CT molecular complexity index is 943. The van der Waals surface area contributed by atoms with Gasteiger partial charge in [0.2, 0.25) is 12.7 Å². The number of nitrogens with one attached hydrogen (secondary N) is 1. The molecule has 1 amide bonds. The number of hydrogen-bond acceptors (Lipinski definition) is 5. The summed E-state index contributed by atoms with van der Waals surface area (Å²) in [4.78, 5) is 12.2. The van der Waals surface area contributed by atoms with E-state index in [1.165, 1.54) is 0 Å². The number of nitrogens with zero attached hydrogens (tertiary/aromatic N) is 4. The zero-order valence-corrected chi connectivity index (χ0v) is 14.2. The van der Waals surface area contributed by atoms with Crippen LogP contribution in [0.5, 0.6) is 11.5 Å². The van der Waals surface area contributed by atoms with E-state index in [1.807, 2.05) is 23.2 Å². The maximum Gasteiger partial charge on any atom is 0.231 e. The van der Waals surface area contributed by atoms with E-state index in [1.54, 1.807) is 24.4 Å². The van der Waals surface area contributed by atoms with Gasteiger partial charge in [0.05, 0.1) is 18.4 Å². The third-order valence-corrected chi connectivity index (χ3v) is 4.22. The van der Waals surface area contributed by atoms with Crippen LogP contribution in [0.1, 0.15) is 19.0 Å². The molecule has 0 unspecified atom stereocenters. The van der Waals surface area contributed by atoms with Crippen LogP contribution in [0.2, 0.25) is 0 Å². The van der Waals surface area contributed by atoms with Gasteiger partial charge in [0.15, 0.2) is 11.5 Å². The Morgan fingerprint density at radius 1 is 1.28 bits per heavy atom. The average Bonchev–Trinajstić information content (AvgIpc) is 3.29. The molecule has 1 N–H and O–H groups in total. The van der Waals surface area contributed by atoms with Gasteiger partial charge in [0, 0.05) is 24.7 Å². The highest BCUT2D eigenvalue weighted by Gasteiger charge is 2.15. The molecule has 8 heteroatoms.